The number of hydrogen-bond donors (Lipinski definition) is 1. The summed E-state index contributed by atoms with van der Waals surface area (Å²) in [6.45, 7) is 4.57. The first-order valence-corrected chi connectivity index (χ1v) is 5.67. The molecular formula is C9H13N3OS. The van der Waals surface area contributed by atoms with E-state index in [0.717, 1.165) is 19.6 Å². The monoisotopic (exact) mass is 211 g/mol. The lowest BCUT2D eigenvalue weighted by molar-refractivity contribution is 0.0625. The summed E-state index contributed by atoms with van der Waals surface area (Å²) in [6, 6.07) is 0.356. The first kappa shape index (κ1) is 9.61. The number of amides is 1. The lowest BCUT2D eigenvalue weighted by Gasteiger charge is -2.37. The number of carbonyl (C=O) groups is 1. The highest BCUT2D eigenvalue weighted by molar-refractivity contribution is 7.07. The summed E-state index contributed by atoms with van der Waals surface area (Å²) < 4.78 is 0. The summed E-state index contributed by atoms with van der Waals surface area (Å²) in [5.74, 6) is 0.0558. The second-order valence-electron chi connectivity index (χ2n) is 3.28. The van der Waals surface area contributed by atoms with E-state index >= 15 is 0 Å². The van der Waals surface area contributed by atoms with Crippen LogP contribution in [0.2, 0.25) is 0 Å². The molecule has 0 aliphatic carbocycles. The van der Waals surface area contributed by atoms with Gasteiger partial charge in [-0.2, -0.15) is 0 Å². The van der Waals surface area contributed by atoms with Gasteiger partial charge in [-0.1, -0.05) is 0 Å². The zero-order chi connectivity index (χ0) is 9.97. The Morgan fingerprint density at radius 1 is 1.79 bits per heavy atom. The topological polar surface area (TPSA) is 45.2 Å². The number of nitrogens with one attached hydrogen (secondary N) is 1. The van der Waals surface area contributed by atoms with Gasteiger partial charge in [-0.3, -0.25) is 4.79 Å². The summed E-state index contributed by atoms with van der Waals surface area (Å²) in [7, 11) is 0. The Balaban J connectivity index is 2.08. The van der Waals surface area contributed by atoms with Crippen LogP contribution in [-0.2, 0) is 0 Å². The van der Waals surface area contributed by atoms with E-state index < -0.39 is 0 Å². The molecule has 14 heavy (non-hydrogen) atoms. The van der Waals surface area contributed by atoms with E-state index in [1.165, 1.54) is 11.3 Å². The quantitative estimate of drug-likeness (QED) is 0.795. The normalized spacial score (nSPS) is 16.4. The molecule has 2 rings (SSSR count). The molecule has 4 nitrogen and oxygen atoms in total. The van der Waals surface area contributed by atoms with Crippen molar-refractivity contribution in [3.63, 3.8) is 0 Å². The molecule has 1 aliphatic rings. The number of aromatic nitrogens is 1. The number of hydrogen-bond acceptors (Lipinski definition) is 4. The molecule has 2 heterocycles. The fourth-order valence-corrected chi connectivity index (χ4v) is 2.05. The van der Waals surface area contributed by atoms with Gasteiger partial charge in [0.25, 0.3) is 5.91 Å². The molecule has 1 fully saturated rings. The van der Waals surface area contributed by atoms with Gasteiger partial charge >= 0.3 is 0 Å². The van der Waals surface area contributed by atoms with Crippen molar-refractivity contribution in [1.82, 2.24) is 15.2 Å². The Hall–Kier alpha value is -0.940. The number of nitrogens with zero attached hydrogens (tertiary/aromatic N) is 2. The van der Waals surface area contributed by atoms with E-state index in [2.05, 4.69) is 10.3 Å². The first-order valence-electron chi connectivity index (χ1n) is 4.72. The second-order valence-corrected chi connectivity index (χ2v) is 4.00. The standard InChI is InChI=1S/C9H13N3OS/c1-2-12(7-3-10-4-7)9(13)8-5-14-6-11-8/h5-7,10H,2-4H2,1H3. The number of thiazole rings is 1. The fraction of sp³-hybridized carbons (Fsp3) is 0.556. The molecule has 0 aromatic carbocycles. The Morgan fingerprint density at radius 2 is 2.57 bits per heavy atom. The molecule has 0 unspecified atom stereocenters. The van der Waals surface area contributed by atoms with Gasteiger partial charge in [0.15, 0.2) is 0 Å². The molecule has 1 N–H and O–H groups in total. The fourth-order valence-electron chi connectivity index (χ4n) is 1.53. The first-order chi connectivity index (χ1) is 6.83. The highest BCUT2D eigenvalue weighted by atomic mass is 32.1. The van der Waals surface area contributed by atoms with Crippen molar-refractivity contribution < 1.29 is 4.79 Å². The molecule has 0 radical (unpaired) electrons. The van der Waals surface area contributed by atoms with Crippen LogP contribution in [-0.4, -0.2) is 41.5 Å². The number of likely N-dealkylation sites (N-methyl/N-ethyl adjacent to an activating group) is 1. The van der Waals surface area contributed by atoms with E-state index in [4.69, 9.17) is 0 Å². The van der Waals surface area contributed by atoms with E-state index in [0.29, 0.717) is 11.7 Å². The molecule has 1 aromatic rings. The van der Waals surface area contributed by atoms with Crippen molar-refractivity contribution in [3.05, 3.63) is 16.6 Å². The zero-order valence-electron chi connectivity index (χ0n) is 8.06. The molecular weight excluding hydrogens is 198 g/mol. The van der Waals surface area contributed by atoms with Gasteiger partial charge in [0, 0.05) is 25.0 Å². The minimum absolute atomic E-state index is 0.0558. The molecule has 0 spiro atoms. The molecule has 1 amide bonds. The van der Waals surface area contributed by atoms with Crippen LogP contribution < -0.4 is 5.32 Å². The Bertz CT molecular complexity index is 308. The van der Waals surface area contributed by atoms with E-state index in [-0.39, 0.29) is 5.91 Å². The van der Waals surface area contributed by atoms with Gasteiger partial charge in [-0.05, 0) is 6.92 Å². The maximum Gasteiger partial charge on any atom is 0.273 e. The van der Waals surface area contributed by atoms with Crippen LogP contribution in [0.1, 0.15) is 17.4 Å². The van der Waals surface area contributed by atoms with Crippen LogP contribution >= 0.6 is 11.3 Å². The van der Waals surface area contributed by atoms with E-state index in [9.17, 15) is 4.79 Å². The molecule has 0 saturated carbocycles. The largest absolute Gasteiger partial charge is 0.332 e. The Morgan fingerprint density at radius 3 is 3.00 bits per heavy atom. The molecule has 1 aliphatic heterocycles. The molecule has 1 aromatic heterocycles. The average molecular weight is 211 g/mol. The van der Waals surface area contributed by atoms with Crippen molar-refractivity contribution in [3.8, 4) is 0 Å². The van der Waals surface area contributed by atoms with Crippen LogP contribution in [0.15, 0.2) is 10.9 Å². The predicted octanol–water partition coefficient (Wildman–Crippen LogP) is 0.577. The van der Waals surface area contributed by atoms with Crippen molar-refractivity contribution in [2.24, 2.45) is 0 Å². The summed E-state index contributed by atoms with van der Waals surface area (Å²) in [5, 5.41) is 4.97. The van der Waals surface area contributed by atoms with Crippen molar-refractivity contribution in [2.75, 3.05) is 19.6 Å². The van der Waals surface area contributed by atoms with Gasteiger partial charge < -0.3 is 10.2 Å². The molecule has 5 heteroatoms. The maximum atomic E-state index is 11.9. The maximum absolute atomic E-state index is 11.9. The zero-order valence-corrected chi connectivity index (χ0v) is 8.88. The van der Waals surface area contributed by atoms with Crippen molar-refractivity contribution in [1.29, 1.82) is 0 Å². The van der Waals surface area contributed by atoms with Gasteiger partial charge in [-0.25, -0.2) is 4.98 Å². The SMILES string of the molecule is CCN(C(=O)c1cscn1)C1CNC1. The average Bonchev–Trinajstić information content (AvgIpc) is 2.62. The third-order valence-corrected chi connectivity index (χ3v) is 3.04. The molecule has 76 valence electrons. The third kappa shape index (κ3) is 1.65. The summed E-state index contributed by atoms with van der Waals surface area (Å²) >= 11 is 1.46. The highest BCUT2D eigenvalue weighted by Gasteiger charge is 2.28. The number of carbonyl (C=O) groups excluding carboxylic acids is 1. The van der Waals surface area contributed by atoms with Crippen LogP contribution in [0.3, 0.4) is 0 Å². The van der Waals surface area contributed by atoms with Gasteiger partial charge in [-0.15, -0.1) is 11.3 Å². The smallest absolute Gasteiger partial charge is 0.273 e. The van der Waals surface area contributed by atoms with Crippen LogP contribution in [0.4, 0.5) is 0 Å². The Kier molecular flexibility index (Phi) is 2.79. The second kappa shape index (κ2) is 4.06. The van der Waals surface area contributed by atoms with Gasteiger partial charge in [0.2, 0.25) is 0 Å². The molecule has 1 saturated heterocycles. The third-order valence-electron chi connectivity index (χ3n) is 2.45. The lowest BCUT2D eigenvalue weighted by atomic mass is 10.1. The highest BCUT2D eigenvalue weighted by Crippen LogP contribution is 2.11. The van der Waals surface area contributed by atoms with Gasteiger partial charge in [0.1, 0.15) is 5.69 Å². The van der Waals surface area contributed by atoms with Gasteiger partial charge in [0.05, 0.1) is 11.6 Å². The molecule has 0 atom stereocenters. The van der Waals surface area contributed by atoms with Crippen LogP contribution in [0.5, 0.6) is 0 Å². The van der Waals surface area contributed by atoms with Crippen LogP contribution in [0.25, 0.3) is 0 Å². The Labute approximate surface area is 86.9 Å². The lowest BCUT2D eigenvalue weighted by Crippen LogP contribution is -2.58. The minimum Gasteiger partial charge on any atom is -0.332 e. The summed E-state index contributed by atoms with van der Waals surface area (Å²) in [4.78, 5) is 17.8. The van der Waals surface area contributed by atoms with Crippen molar-refractivity contribution >= 4 is 17.2 Å². The summed E-state index contributed by atoms with van der Waals surface area (Å²) in [5.41, 5.74) is 2.27. The van der Waals surface area contributed by atoms with Crippen molar-refractivity contribution in [2.45, 2.75) is 13.0 Å². The van der Waals surface area contributed by atoms with E-state index in [1.807, 2.05) is 11.8 Å². The summed E-state index contributed by atoms with van der Waals surface area (Å²) in [6.07, 6.45) is 0. The molecule has 0 bridgehead atoms. The number of rotatable bonds is 3. The minimum atomic E-state index is 0.0558. The predicted molar refractivity (Wildman–Crippen MR) is 55.5 cm³/mol. The van der Waals surface area contributed by atoms with E-state index in [1.54, 1.807) is 10.9 Å². The van der Waals surface area contributed by atoms with Crippen LogP contribution in [0, 0.1) is 0 Å².